The lowest BCUT2D eigenvalue weighted by molar-refractivity contribution is -0.122. The number of carbonyl (C=O) groups excluding carboxylic acids is 1. The summed E-state index contributed by atoms with van der Waals surface area (Å²) in [4.78, 5) is 15.7. The summed E-state index contributed by atoms with van der Waals surface area (Å²) < 4.78 is 11.6. The lowest BCUT2D eigenvalue weighted by atomic mass is 10.1. The number of likely N-dealkylation sites (N-methyl/N-ethyl adjacent to an activating group) is 1. The van der Waals surface area contributed by atoms with Gasteiger partial charge in [0, 0.05) is 35.5 Å². The zero-order valence-corrected chi connectivity index (χ0v) is 18.5. The Kier molecular flexibility index (Phi) is 7.45. The largest absolute Gasteiger partial charge is 0.494 e. The number of hydrogen-bond acceptors (Lipinski definition) is 5. The van der Waals surface area contributed by atoms with Crippen LogP contribution in [0.4, 0.5) is 0 Å². The monoisotopic (exact) mass is 414 g/mol. The summed E-state index contributed by atoms with van der Waals surface area (Å²) in [6.07, 6.45) is 3.14. The van der Waals surface area contributed by atoms with E-state index in [2.05, 4.69) is 42.8 Å². The van der Waals surface area contributed by atoms with E-state index < -0.39 is 0 Å². The number of nitrogens with zero attached hydrogens (tertiary/aromatic N) is 1. The van der Waals surface area contributed by atoms with Gasteiger partial charge in [-0.25, -0.2) is 0 Å². The number of benzene rings is 2. The number of ether oxygens (including phenoxy) is 2. The average molecular weight is 415 g/mol. The standard InChI is InChI=1S/C23H30N2O3S/c1-5-27-21-11-18-10-16(2)28-22(18)12-19(21)13-24-23(26)15-25(3)14-17-6-8-20(29-4)9-7-17/h6-9,11-12,16H,5,10,13-15H2,1-4H3,(H,24,26)/t16-/m1/s1. The second-order valence-corrected chi connectivity index (χ2v) is 8.31. The SMILES string of the molecule is CCOc1cc2c(cc1CNC(=O)CN(C)Cc1ccc(SC)cc1)O[C@H](C)C2. The normalized spacial score (nSPS) is 15.1. The molecule has 0 aromatic heterocycles. The topological polar surface area (TPSA) is 50.8 Å². The van der Waals surface area contributed by atoms with Gasteiger partial charge in [0.05, 0.1) is 13.2 Å². The van der Waals surface area contributed by atoms with E-state index >= 15 is 0 Å². The molecule has 0 radical (unpaired) electrons. The first-order chi connectivity index (χ1) is 14.0. The van der Waals surface area contributed by atoms with Crippen molar-refractivity contribution in [2.24, 2.45) is 0 Å². The number of nitrogens with one attached hydrogen (secondary N) is 1. The highest BCUT2D eigenvalue weighted by Gasteiger charge is 2.22. The van der Waals surface area contributed by atoms with E-state index in [1.54, 1.807) is 11.8 Å². The molecule has 0 fully saturated rings. The zero-order chi connectivity index (χ0) is 20.8. The van der Waals surface area contributed by atoms with Crippen LogP contribution in [-0.4, -0.2) is 43.4 Å². The number of amides is 1. The van der Waals surface area contributed by atoms with Gasteiger partial charge in [0.25, 0.3) is 0 Å². The molecule has 2 aromatic carbocycles. The Morgan fingerprint density at radius 3 is 2.76 bits per heavy atom. The molecule has 3 rings (SSSR count). The quantitative estimate of drug-likeness (QED) is 0.631. The third-order valence-electron chi connectivity index (χ3n) is 4.88. The van der Waals surface area contributed by atoms with Crippen LogP contribution in [0, 0.1) is 0 Å². The van der Waals surface area contributed by atoms with Crippen LogP contribution in [0.1, 0.15) is 30.5 Å². The van der Waals surface area contributed by atoms with Gasteiger partial charge in [0.2, 0.25) is 5.91 Å². The molecule has 1 aliphatic heterocycles. The van der Waals surface area contributed by atoms with Crippen molar-refractivity contribution in [3.05, 3.63) is 53.1 Å². The van der Waals surface area contributed by atoms with E-state index in [1.807, 2.05) is 31.0 Å². The zero-order valence-electron chi connectivity index (χ0n) is 17.7. The summed E-state index contributed by atoms with van der Waals surface area (Å²) in [5.74, 6) is 1.72. The number of carbonyl (C=O) groups is 1. The van der Waals surface area contributed by atoms with Crippen molar-refractivity contribution < 1.29 is 14.3 Å². The van der Waals surface area contributed by atoms with Crippen LogP contribution in [0.25, 0.3) is 0 Å². The summed E-state index contributed by atoms with van der Waals surface area (Å²) in [6.45, 7) is 6.12. The number of fused-ring (bicyclic) bond motifs is 1. The van der Waals surface area contributed by atoms with Crippen molar-refractivity contribution in [3.8, 4) is 11.5 Å². The molecule has 0 bridgehead atoms. The minimum atomic E-state index is -0.00883. The highest BCUT2D eigenvalue weighted by atomic mass is 32.2. The Morgan fingerprint density at radius 2 is 2.07 bits per heavy atom. The van der Waals surface area contributed by atoms with Gasteiger partial charge in [-0.1, -0.05) is 12.1 Å². The number of hydrogen-bond donors (Lipinski definition) is 1. The third-order valence-corrected chi connectivity index (χ3v) is 5.62. The van der Waals surface area contributed by atoms with E-state index in [9.17, 15) is 4.79 Å². The summed E-state index contributed by atoms with van der Waals surface area (Å²) in [6, 6.07) is 12.5. The molecule has 1 heterocycles. The fourth-order valence-corrected chi connectivity index (χ4v) is 3.91. The van der Waals surface area contributed by atoms with E-state index in [0.29, 0.717) is 19.7 Å². The van der Waals surface area contributed by atoms with Crippen LogP contribution in [0.3, 0.4) is 0 Å². The molecule has 1 N–H and O–H groups in total. The highest BCUT2D eigenvalue weighted by molar-refractivity contribution is 7.98. The second-order valence-electron chi connectivity index (χ2n) is 7.43. The molecule has 156 valence electrons. The van der Waals surface area contributed by atoms with Crippen molar-refractivity contribution in [2.75, 3.05) is 26.5 Å². The summed E-state index contributed by atoms with van der Waals surface area (Å²) >= 11 is 1.73. The van der Waals surface area contributed by atoms with Gasteiger partial charge >= 0.3 is 0 Å². The average Bonchev–Trinajstić information content (AvgIpc) is 3.05. The molecule has 29 heavy (non-hydrogen) atoms. The lowest BCUT2D eigenvalue weighted by Gasteiger charge is -2.17. The molecule has 0 spiro atoms. The maximum absolute atomic E-state index is 12.4. The smallest absolute Gasteiger partial charge is 0.234 e. The van der Waals surface area contributed by atoms with Crippen molar-refractivity contribution in [3.63, 3.8) is 0 Å². The maximum atomic E-state index is 12.4. The molecule has 6 heteroatoms. The molecule has 0 unspecified atom stereocenters. The molecule has 0 saturated carbocycles. The first-order valence-electron chi connectivity index (χ1n) is 10.0. The molecule has 1 atom stereocenters. The first-order valence-corrected chi connectivity index (χ1v) is 11.2. The Balaban J connectivity index is 1.55. The van der Waals surface area contributed by atoms with Crippen LogP contribution in [0.2, 0.25) is 0 Å². The maximum Gasteiger partial charge on any atom is 0.234 e. The summed E-state index contributed by atoms with van der Waals surface area (Å²) in [5.41, 5.74) is 3.31. The molecule has 1 amide bonds. The van der Waals surface area contributed by atoms with Crippen LogP contribution in [0.5, 0.6) is 11.5 Å². The van der Waals surface area contributed by atoms with Gasteiger partial charge in [-0.15, -0.1) is 11.8 Å². The Morgan fingerprint density at radius 1 is 1.31 bits per heavy atom. The van der Waals surface area contributed by atoms with Crippen molar-refractivity contribution in [2.45, 2.75) is 44.4 Å². The van der Waals surface area contributed by atoms with Crippen molar-refractivity contribution in [1.29, 1.82) is 0 Å². The van der Waals surface area contributed by atoms with Gasteiger partial charge in [0.15, 0.2) is 0 Å². The summed E-state index contributed by atoms with van der Waals surface area (Å²) in [7, 11) is 1.96. The van der Waals surface area contributed by atoms with Gasteiger partial charge in [-0.3, -0.25) is 9.69 Å². The van der Waals surface area contributed by atoms with Crippen LogP contribution in [0.15, 0.2) is 41.3 Å². The van der Waals surface area contributed by atoms with E-state index in [-0.39, 0.29) is 12.0 Å². The molecule has 5 nitrogen and oxygen atoms in total. The number of thioether (sulfide) groups is 1. The van der Waals surface area contributed by atoms with Gasteiger partial charge in [0.1, 0.15) is 17.6 Å². The van der Waals surface area contributed by atoms with Gasteiger partial charge in [-0.05, 0) is 57.0 Å². The first kappa shape index (κ1) is 21.5. The lowest BCUT2D eigenvalue weighted by Crippen LogP contribution is -2.34. The molecule has 0 aliphatic carbocycles. The highest BCUT2D eigenvalue weighted by Crippen LogP contribution is 2.35. The van der Waals surface area contributed by atoms with E-state index in [0.717, 1.165) is 30.0 Å². The Hall–Kier alpha value is -2.18. The predicted octanol–water partition coefficient (Wildman–Crippen LogP) is 3.88. The van der Waals surface area contributed by atoms with Crippen molar-refractivity contribution in [1.82, 2.24) is 10.2 Å². The molecule has 2 aromatic rings. The molecular formula is C23H30N2O3S. The fourth-order valence-electron chi connectivity index (χ4n) is 3.50. The van der Waals surface area contributed by atoms with Crippen LogP contribution in [-0.2, 0) is 24.3 Å². The predicted molar refractivity (Wildman–Crippen MR) is 118 cm³/mol. The molecular weight excluding hydrogens is 384 g/mol. The number of rotatable bonds is 9. The van der Waals surface area contributed by atoms with E-state index in [4.69, 9.17) is 9.47 Å². The van der Waals surface area contributed by atoms with E-state index in [1.165, 1.54) is 16.0 Å². The van der Waals surface area contributed by atoms with Crippen LogP contribution < -0.4 is 14.8 Å². The van der Waals surface area contributed by atoms with Crippen molar-refractivity contribution >= 4 is 17.7 Å². The van der Waals surface area contributed by atoms with Gasteiger partial charge in [-0.2, -0.15) is 0 Å². The Labute approximate surface area is 177 Å². The minimum absolute atomic E-state index is 0.00883. The minimum Gasteiger partial charge on any atom is -0.494 e. The Bertz CT molecular complexity index is 839. The summed E-state index contributed by atoms with van der Waals surface area (Å²) in [5, 5.41) is 3.02. The molecule has 1 aliphatic rings. The van der Waals surface area contributed by atoms with Gasteiger partial charge < -0.3 is 14.8 Å². The fraction of sp³-hybridized carbons (Fsp3) is 0.435. The van der Waals surface area contributed by atoms with Crippen LogP contribution >= 0.6 is 11.8 Å². The second kappa shape index (κ2) is 10.0. The molecule has 0 saturated heterocycles. The third kappa shape index (κ3) is 5.90.